The fourth-order valence-corrected chi connectivity index (χ4v) is 2.98. The fourth-order valence-electron chi connectivity index (χ4n) is 2.98. The molecular formula is C17H18N6. The maximum Gasteiger partial charge on any atom is 0.224 e. The van der Waals surface area contributed by atoms with E-state index in [-0.39, 0.29) is 5.95 Å². The normalized spacial score (nSPS) is 15.0. The van der Waals surface area contributed by atoms with Crippen molar-refractivity contribution in [1.29, 1.82) is 0 Å². The molecular weight excluding hydrogens is 288 g/mol. The lowest BCUT2D eigenvalue weighted by Gasteiger charge is -2.28. The van der Waals surface area contributed by atoms with E-state index in [0.717, 1.165) is 48.5 Å². The van der Waals surface area contributed by atoms with Crippen molar-refractivity contribution < 1.29 is 0 Å². The highest BCUT2D eigenvalue weighted by atomic mass is 15.2. The van der Waals surface area contributed by atoms with Crippen LogP contribution in [0, 0.1) is 0 Å². The van der Waals surface area contributed by atoms with E-state index in [1.807, 2.05) is 30.3 Å². The summed E-state index contributed by atoms with van der Waals surface area (Å²) in [5.41, 5.74) is 9.00. The average Bonchev–Trinajstić information content (AvgIpc) is 2.62. The zero-order valence-electron chi connectivity index (χ0n) is 12.8. The molecule has 3 heterocycles. The Labute approximate surface area is 134 Å². The van der Waals surface area contributed by atoms with Gasteiger partial charge in [0.2, 0.25) is 5.95 Å². The first-order valence-electron chi connectivity index (χ1n) is 7.92. The Bertz CT molecular complexity index is 827. The molecule has 116 valence electrons. The summed E-state index contributed by atoms with van der Waals surface area (Å²) in [7, 11) is 0. The van der Waals surface area contributed by atoms with Crippen LogP contribution in [0.5, 0.6) is 0 Å². The summed E-state index contributed by atoms with van der Waals surface area (Å²) >= 11 is 0. The first-order chi connectivity index (χ1) is 11.3. The van der Waals surface area contributed by atoms with E-state index in [0.29, 0.717) is 5.65 Å². The Balaban J connectivity index is 1.87. The van der Waals surface area contributed by atoms with Gasteiger partial charge in [-0.25, -0.2) is 9.97 Å². The largest absolute Gasteiger partial charge is 0.368 e. The van der Waals surface area contributed by atoms with Crippen molar-refractivity contribution in [3.8, 4) is 11.3 Å². The zero-order chi connectivity index (χ0) is 15.6. The maximum atomic E-state index is 5.86. The van der Waals surface area contributed by atoms with Crippen LogP contribution in [-0.4, -0.2) is 33.0 Å². The highest BCUT2D eigenvalue weighted by Crippen LogP contribution is 2.27. The number of nitrogens with two attached hydrogens (primary N) is 1. The molecule has 4 rings (SSSR count). The van der Waals surface area contributed by atoms with Gasteiger partial charge in [-0.15, -0.1) is 0 Å². The van der Waals surface area contributed by atoms with Crippen molar-refractivity contribution >= 4 is 22.9 Å². The molecule has 6 heteroatoms. The predicted molar refractivity (Wildman–Crippen MR) is 91.0 cm³/mol. The van der Waals surface area contributed by atoms with Crippen LogP contribution in [0.3, 0.4) is 0 Å². The molecule has 0 aliphatic carbocycles. The predicted octanol–water partition coefficient (Wildman–Crippen LogP) is 2.66. The monoisotopic (exact) mass is 306 g/mol. The molecule has 2 N–H and O–H groups in total. The molecule has 0 unspecified atom stereocenters. The second-order valence-electron chi connectivity index (χ2n) is 5.75. The molecule has 6 nitrogen and oxygen atoms in total. The molecule has 0 radical (unpaired) electrons. The summed E-state index contributed by atoms with van der Waals surface area (Å²) in [5.74, 6) is 1.05. The van der Waals surface area contributed by atoms with Crippen LogP contribution in [0.4, 0.5) is 11.8 Å². The number of nitrogen functional groups attached to an aromatic ring is 1. The minimum Gasteiger partial charge on any atom is -0.368 e. The SMILES string of the molecule is Nc1nc(N2CCCCC2)c2nc(-c3ccccc3)cnc2n1. The van der Waals surface area contributed by atoms with Crippen molar-refractivity contribution in [2.75, 3.05) is 23.7 Å². The fraction of sp³-hybridized carbons (Fsp3) is 0.294. The second kappa shape index (κ2) is 5.79. The summed E-state index contributed by atoms with van der Waals surface area (Å²) in [6.45, 7) is 1.95. The number of hydrogen-bond donors (Lipinski definition) is 1. The maximum absolute atomic E-state index is 5.86. The van der Waals surface area contributed by atoms with Crippen molar-refractivity contribution in [1.82, 2.24) is 19.9 Å². The quantitative estimate of drug-likeness (QED) is 0.784. The lowest BCUT2D eigenvalue weighted by molar-refractivity contribution is 0.574. The number of rotatable bonds is 2. The Morgan fingerprint density at radius 1 is 0.913 bits per heavy atom. The van der Waals surface area contributed by atoms with Gasteiger partial charge in [-0.1, -0.05) is 30.3 Å². The third kappa shape index (κ3) is 2.67. The molecule has 1 aromatic carbocycles. The number of nitrogens with zero attached hydrogens (tertiary/aromatic N) is 5. The zero-order valence-corrected chi connectivity index (χ0v) is 12.8. The van der Waals surface area contributed by atoms with Crippen LogP contribution < -0.4 is 10.6 Å². The summed E-state index contributed by atoms with van der Waals surface area (Å²) in [6.07, 6.45) is 5.33. The second-order valence-corrected chi connectivity index (χ2v) is 5.75. The van der Waals surface area contributed by atoms with E-state index in [1.165, 1.54) is 6.42 Å². The Kier molecular flexibility index (Phi) is 3.49. The van der Waals surface area contributed by atoms with Gasteiger partial charge in [-0.2, -0.15) is 9.97 Å². The van der Waals surface area contributed by atoms with Crippen LogP contribution in [0.15, 0.2) is 36.5 Å². The molecule has 1 saturated heterocycles. The summed E-state index contributed by atoms with van der Waals surface area (Å²) in [5, 5.41) is 0. The van der Waals surface area contributed by atoms with Crippen LogP contribution in [-0.2, 0) is 0 Å². The summed E-state index contributed by atoms with van der Waals surface area (Å²) < 4.78 is 0. The van der Waals surface area contributed by atoms with Crippen molar-refractivity contribution in [2.45, 2.75) is 19.3 Å². The van der Waals surface area contributed by atoms with Gasteiger partial charge in [0.15, 0.2) is 17.0 Å². The first-order valence-corrected chi connectivity index (χ1v) is 7.92. The molecule has 1 aliphatic rings. The molecule has 1 aliphatic heterocycles. The number of hydrogen-bond acceptors (Lipinski definition) is 6. The molecule has 3 aromatic rings. The van der Waals surface area contributed by atoms with Crippen molar-refractivity contribution in [2.24, 2.45) is 0 Å². The first kappa shape index (κ1) is 13.9. The third-order valence-corrected chi connectivity index (χ3v) is 4.13. The molecule has 1 fully saturated rings. The summed E-state index contributed by atoms with van der Waals surface area (Å²) in [6, 6.07) is 10.0. The van der Waals surface area contributed by atoms with Crippen molar-refractivity contribution in [3.63, 3.8) is 0 Å². The molecule has 23 heavy (non-hydrogen) atoms. The lowest BCUT2D eigenvalue weighted by atomic mass is 10.1. The van der Waals surface area contributed by atoms with Gasteiger partial charge in [-0.3, -0.25) is 0 Å². The number of anilines is 2. The van der Waals surface area contributed by atoms with Gasteiger partial charge >= 0.3 is 0 Å². The topological polar surface area (TPSA) is 80.8 Å². The minimum absolute atomic E-state index is 0.250. The van der Waals surface area contributed by atoms with Crippen molar-refractivity contribution in [3.05, 3.63) is 36.5 Å². The van der Waals surface area contributed by atoms with Gasteiger partial charge < -0.3 is 10.6 Å². The van der Waals surface area contributed by atoms with Crippen LogP contribution in [0.2, 0.25) is 0 Å². The molecule has 2 aromatic heterocycles. The highest BCUT2D eigenvalue weighted by Gasteiger charge is 2.18. The van der Waals surface area contributed by atoms with Crippen LogP contribution >= 0.6 is 0 Å². The molecule has 0 bridgehead atoms. The third-order valence-electron chi connectivity index (χ3n) is 4.13. The van der Waals surface area contributed by atoms with E-state index in [1.54, 1.807) is 6.20 Å². The number of fused-ring (bicyclic) bond motifs is 1. The van der Waals surface area contributed by atoms with E-state index < -0.39 is 0 Å². The highest BCUT2D eigenvalue weighted by molar-refractivity contribution is 5.85. The number of benzene rings is 1. The van der Waals surface area contributed by atoms with E-state index in [9.17, 15) is 0 Å². The van der Waals surface area contributed by atoms with Gasteiger partial charge in [0.1, 0.15) is 0 Å². The molecule has 0 amide bonds. The smallest absolute Gasteiger partial charge is 0.224 e. The van der Waals surface area contributed by atoms with E-state index in [4.69, 9.17) is 10.7 Å². The molecule has 0 saturated carbocycles. The van der Waals surface area contributed by atoms with Gasteiger partial charge in [0, 0.05) is 18.7 Å². The standard InChI is InChI=1S/C17H18N6/c18-17-21-15-14(16(22-17)23-9-5-2-6-10-23)20-13(11-19-15)12-7-3-1-4-8-12/h1,3-4,7-8,11H,2,5-6,9-10H2,(H2,18,19,21,22). The van der Waals surface area contributed by atoms with E-state index >= 15 is 0 Å². The average molecular weight is 306 g/mol. The minimum atomic E-state index is 0.250. The summed E-state index contributed by atoms with van der Waals surface area (Å²) in [4.78, 5) is 20.2. The Hall–Kier alpha value is -2.76. The van der Waals surface area contributed by atoms with Gasteiger partial charge in [0.25, 0.3) is 0 Å². The lowest BCUT2D eigenvalue weighted by Crippen LogP contribution is -2.30. The van der Waals surface area contributed by atoms with Gasteiger partial charge in [0.05, 0.1) is 11.9 Å². The Morgan fingerprint density at radius 2 is 1.70 bits per heavy atom. The molecule has 0 atom stereocenters. The molecule has 0 spiro atoms. The number of aromatic nitrogens is 4. The number of piperidine rings is 1. The van der Waals surface area contributed by atoms with E-state index in [2.05, 4.69) is 19.9 Å². The van der Waals surface area contributed by atoms with Crippen LogP contribution in [0.1, 0.15) is 19.3 Å². The van der Waals surface area contributed by atoms with Gasteiger partial charge in [-0.05, 0) is 19.3 Å². The Morgan fingerprint density at radius 3 is 2.48 bits per heavy atom. The van der Waals surface area contributed by atoms with Crippen LogP contribution in [0.25, 0.3) is 22.4 Å².